The van der Waals surface area contributed by atoms with E-state index in [2.05, 4.69) is 27.0 Å². The number of urea groups is 1. The summed E-state index contributed by atoms with van der Waals surface area (Å²) in [4.78, 5) is 19.5. The van der Waals surface area contributed by atoms with E-state index in [0.717, 1.165) is 49.4 Å². The fraction of sp³-hybridized carbons (Fsp3) is 0.500. The molecule has 176 valence electrons. The summed E-state index contributed by atoms with van der Waals surface area (Å²) < 4.78 is 19.4. The molecular formula is C24H29ClFN5O2. The van der Waals surface area contributed by atoms with E-state index >= 15 is 0 Å². The number of rotatable bonds is 4. The second kappa shape index (κ2) is 9.83. The van der Waals surface area contributed by atoms with Crippen LogP contribution in [0, 0.1) is 5.82 Å². The Balaban J connectivity index is 1.23. The topological polar surface area (TPSA) is 78.5 Å². The number of nitrogens with zero attached hydrogens (tertiary/aromatic N) is 2. The van der Waals surface area contributed by atoms with E-state index in [4.69, 9.17) is 16.3 Å². The molecule has 5 rings (SSSR count). The maximum Gasteiger partial charge on any atom is 0.317 e. The molecule has 3 N–H and O–H groups in total. The zero-order chi connectivity index (χ0) is 22.8. The predicted molar refractivity (Wildman–Crippen MR) is 125 cm³/mol. The van der Waals surface area contributed by atoms with E-state index in [1.165, 1.54) is 11.6 Å². The molecule has 0 aliphatic carbocycles. The number of fused-ring (bicyclic) bond motifs is 1. The van der Waals surface area contributed by atoms with Gasteiger partial charge in [0.2, 0.25) is 0 Å². The van der Waals surface area contributed by atoms with E-state index in [-0.39, 0.29) is 23.0 Å². The highest BCUT2D eigenvalue weighted by Crippen LogP contribution is 2.27. The van der Waals surface area contributed by atoms with Crippen molar-refractivity contribution in [2.75, 3.05) is 38.2 Å². The summed E-state index contributed by atoms with van der Waals surface area (Å²) in [6.07, 6.45) is 4.66. The van der Waals surface area contributed by atoms with Crippen LogP contribution >= 0.6 is 11.6 Å². The Kier molecular flexibility index (Phi) is 6.66. The van der Waals surface area contributed by atoms with Crippen LogP contribution in [0.5, 0.6) is 0 Å². The zero-order valence-electron chi connectivity index (χ0n) is 18.4. The second-order valence-corrected chi connectivity index (χ2v) is 9.44. The SMILES string of the molecule is O=C(N[C@@H]1CNC[C@H]1c1ccc(Cl)c(F)c1)N1CCc2cnc(NC3CCOCC3)cc2C1. The molecule has 0 unspecified atom stereocenters. The van der Waals surface area contributed by atoms with E-state index in [1.54, 1.807) is 6.07 Å². The van der Waals surface area contributed by atoms with E-state index < -0.39 is 5.82 Å². The van der Waals surface area contributed by atoms with Crippen molar-refractivity contribution in [2.45, 2.75) is 43.8 Å². The molecule has 4 heterocycles. The van der Waals surface area contributed by atoms with E-state index in [0.29, 0.717) is 32.2 Å². The highest BCUT2D eigenvalue weighted by atomic mass is 35.5. The lowest BCUT2D eigenvalue weighted by Gasteiger charge is -2.31. The Labute approximate surface area is 198 Å². The number of amides is 2. The highest BCUT2D eigenvalue weighted by molar-refractivity contribution is 6.30. The first-order chi connectivity index (χ1) is 16.1. The molecule has 0 saturated carbocycles. The van der Waals surface area contributed by atoms with Crippen LogP contribution in [0.15, 0.2) is 30.5 Å². The van der Waals surface area contributed by atoms with Crippen molar-refractivity contribution in [1.29, 1.82) is 0 Å². The summed E-state index contributed by atoms with van der Waals surface area (Å²) in [5.74, 6) is 0.419. The van der Waals surface area contributed by atoms with Gasteiger partial charge in [0.25, 0.3) is 0 Å². The maximum absolute atomic E-state index is 14.0. The number of carbonyl (C=O) groups excluding carboxylic acids is 1. The fourth-order valence-electron chi connectivity index (χ4n) is 4.91. The van der Waals surface area contributed by atoms with Gasteiger partial charge in [0.15, 0.2) is 0 Å². The third kappa shape index (κ3) is 5.08. The number of pyridine rings is 1. The van der Waals surface area contributed by atoms with Crippen LogP contribution in [0.3, 0.4) is 0 Å². The normalized spacial score (nSPS) is 23.3. The lowest BCUT2D eigenvalue weighted by atomic mass is 9.94. The van der Waals surface area contributed by atoms with Crippen LogP contribution in [0.25, 0.3) is 0 Å². The molecule has 3 aliphatic rings. The molecule has 2 amide bonds. The van der Waals surface area contributed by atoms with Crippen molar-refractivity contribution in [1.82, 2.24) is 20.5 Å². The van der Waals surface area contributed by atoms with Crippen molar-refractivity contribution in [3.05, 3.63) is 58.0 Å². The van der Waals surface area contributed by atoms with Crippen molar-refractivity contribution >= 4 is 23.4 Å². The Morgan fingerprint density at radius 1 is 1.21 bits per heavy atom. The Morgan fingerprint density at radius 3 is 2.88 bits per heavy atom. The number of benzene rings is 1. The number of hydrogen-bond acceptors (Lipinski definition) is 5. The van der Waals surface area contributed by atoms with Crippen LogP contribution in [-0.2, 0) is 17.7 Å². The number of ether oxygens (including phenoxy) is 1. The van der Waals surface area contributed by atoms with Gasteiger partial charge in [0, 0.05) is 57.5 Å². The minimum atomic E-state index is -0.433. The quantitative estimate of drug-likeness (QED) is 0.635. The standard InChI is InChI=1S/C24H29ClFN5O2/c25-20-2-1-15(9-21(20)26)19-12-27-13-22(19)30-24(32)31-6-3-16-11-28-23(10-17(16)14-31)29-18-4-7-33-8-5-18/h1-2,9-11,18-19,22,27H,3-8,12-14H2,(H,28,29)(H,30,32)/t19-,22+/m0/s1. The summed E-state index contributed by atoms with van der Waals surface area (Å²) in [6.45, 7) is 4.07. The van der Waals surface area contributed by atoms with Gasteiger partial charge in [-0.25, -0.2) is 14.2 Å². The van der Waals surface area contributed by atoms with Gasteiger partial charge in [-0.1, -0.05) is 17.7 Å². The lowest BCUT2D eigenvalue weighted by molar-refractivity contribution is 0.0904. The number of anilines is 1. The zero-order valence-corrected chi connectivity index (χ0v) is 19.2. The van der Waals surface area contributed by atoms with Crippen LogP contribution in [-0.4, -0.2) is 60.8 Å². The maximum atomic E-state index is 14.0. The largest absolute Gasteiger partial charge is 0.381 e. The molecule has 33 heavy (non-hydrogen) atoms. The first-order valence-corrected chi connectivity index (χ1v) is 12.0. The van der Waals surface area contributed by atoms with Gasteiger partial charge < -0.3 is 25.6 Å². The van der Waals surface area contributed by atoms with Gasteiger partial charge in [-0.3, -0.25) is 0 Å². The van der Waals surface area contributed by atoms with Gasteiger partial charge in [0.05, 0.1) is 11.1 Å². The number of aromatic nitrogens is 1. The van der Waals surface area contributed by atoms with Gasteiger partial charge in [-0.15, -0.1) is 0 Å². The average molecular weight is 474 g/mol. The van der Waals surface area contributed by atoms with Crippen LogP contribution < -0.4 is 16.0 Å². The third-order valence-electron chi connectivity index (χ3n) is 6.85. The van der Waals surface area contributed by atoms with Crippen molar-refractivity contribution in [3.63, 3.8) is 0 Å². The average Bonchev–Trinajstić information content (AvgIpc) is 3.29. The number of hydrogen-bond donors (Lipinski definition) is 3. The number of halogens is 2. The summed E-state index contributed by atoms with van der Waals surface area (Å²) >= 11 is 5.83. The van der Waals surface area contributed by atoms with Crippen molar-refractivity contribution in [2.24, 2.45) is 0 Å². The molecule has 2 fully saturated rings. The molecule has 2 atom stereocenters. The van der Waals surface area contributed by atoms with Gasteiger partial charge in [-0.05, 0) is 54.2 Å². The summed E-state index contributed by atoms with van der Waals surface area (Å²) in [5, 5.41) is 10.1. The van der Waals surface area contributed by atoms with Crippen LogP contribution in [0.2, 0.25) is 5.02 Å². The Bertz CT molecular complexity index is 1020. The highest BCUT2D eigenvalue weighted by Gasteiger charge is 2.32. The Hall–Kier alpha value is -2.42. The summed E-state index contributed by atoms with van der Waals surface area (Å²) in [7, 11) is 0. The molecule has 0 bridgehead atoms. The van der Waals surface area contributed by atoms with Crippen LogP contribution in [0.4, 0.5) is 15.0 Å². The lowest BCUT2D eigenvalue weighted by Crippen LogP contribution is -2.48. The smallest absolute Gasteiger partial charge is 0.317 e. The van der Waals surface area contributed by atoms with E-state index in [1.807, 2.05) is 17.2 Å². The first kappa shape index (κ1) is 22.4. The van der Waals surface area contributed by atoms with Crippen molar-refractivity contribution < 1.29 is 13.9 Å². The van der Waals surface area contributed by atoms with Gasteiger partial charge in [0.1, 0.15) is 11.6 Å². The molecule has 9 heteroatoms. The molecule has 7 nitrogen and oxygen atoms in total. The molecule has 3 aliphatic heterocycles. The molecule has 2 aromatic rings. The molecule has 0 spiro atoms. The monoisotopic (exact) mass is 473 g/mol. The molecule has 1 aromatic heterocycles. The minimum absolute atomic E-state index is 0.00253. The van der Waals surface area contributed by atoms with Crippen molar-refractivity contribution in [3.8, 4) is 0 Å². The first-order valence-electron chi connectivity index (χ1n) is 11.6. The fourth-order valence-corrected chi connectivity index (χ4v) is 5.03. The predicted octanol–water partition coefficient (Wildman–Crippen LogP) is 3.29. The third-order valence-corrected chi connectivity index (χ3v) is 7.16. The number of nitrogens with one attached hydrogen (secondary N) is 3. The van der Waals surface area contributed by atoms with Crippen LogP contribution in [0.1, 0.15) is 35.4 Å². The van der Waals surface area contributed by atoms with Gasteiger partial charge in [-0.2, -0.15) is 0 Å². The summed E-state index contributed by atoms with van der Waals surface area (Å²) in [6, 6.07) is 7.12. The van der Waals surface area contributed by atoms with E-state index in [9.17, 15) is 9.18 Å². The Morgan fingerprint density at radius 2 is 2.06 bits per heavy atom. The summed E-state index contributed by atoms with van der Waals surface area (Å²) in [5.41, 5.74) is 3.15. The molecule has 0 radical (unpaired) electrons. The molecule has 2 saturated heterocycles. The molecule has 1 aromatic carbocycles. The number of carbonyl (C=O) groups is 1. The second-order valence-electron chi connectivity index (χ2n) is 9.04. The molecular weight excluding hydrogens is 445 g/mol. The minimum Gasteiger partial charge on any atom is -0.381 e. The van der Waals surface area contributed by atoms with Gasteiger partial charge >= 0.3 is 6.03 Å².